The first-order valence-electron chi connectivity index (χ1n) is 8.10. The second kappa shape index (κ2) is 8.66. The third kappa shape index (κ3) is 5.16. The molecule has 3 aromatic carbocycles. The van der Waals surface area contributed by atoms with Crippen LogP contribution >= 0.6 is 34.8 Å². The number of aromatic hydroxyl groups is 1. The van der Waals surface area contributed by atoms with E-state index in [0.717, 1.165) is 5.56 Å². The number of hydrogen-bond donors (Lipinski definition) is 1. The van der Waals surface area contributed by atoms with Crippen LogP contribution in [-0.2, 0) is 13.0 Å². The molecule has 0 aliphatic rings. The number of hydrogen-bond acceptors (Lipinski definition) is 3. The van der Waals surface area contributed by atoms with Crippen LogP contribution in [-0.4, -0.2) is 10.9 Å². The predicted molar refractivity (Wildman–Crippen MR) is 108 cm³/mol. The second-order valence-corrected chi connectivity index (χ2v) is 7.21. The van der Waals surface area contributed by atoms with Crippen molar-refractivity contribution in [1.82, 2.24) is 0 Å². The molecule has 0 bridgehead atoms. The highest BCUT2D eigenvalue weighted by Crippen LogP contribution is 2.27. The van der Waals surface area contributed by atoms with Crippen molar-refractivity contribution in [2.45, 2.75) is 13.0 Å². The van der Waals surface area contributed by atoms with Gasteiger partial charge in [0.1, 0.15) is 18.1 Å². The lowest BCUT2D eigenvalue weighted by atomic mass is 10.0. The van der Waals surface area contributed by atoms with Crippen molar-refractivity contribution >= 4 is 40.6 Å². The van der Waals surface area contributed by atoms with E-state index in [4.69, 9.17) is 39.5 Å². The molecule has 0 amide bonds. The van der Waals surface area contributed by atoms with Gasteiger partial charge in [0.2, 0.25) is 0 Å². The molecule has 27 heavy (non-hydrogen) atoms. The van der Waals surface area contributed by atoms with Crippen LogP contribution in [0.25, 0.3) is 0 Å². The Morgan fingerprint density at radius 2 is 1.59 bits per heavy atom. The van der Waals surface area contributed by atoms with E-state index in [-0.39, 0.29) is 23.5 Å². The number of rotatable bonds is 6. The van der Waals surface area contributed by atoms with Gasteiger partial charge in [0.15, 0.2) is 5.78 Å². The fourth-order valence-corrected chi connectivity index (χ4v) is 3.12. The zero-order valence-electron chi connectivity index (χ0n) is 14.1. The molecule has 0 unspecified atom stereocenters. The number of Topliss-reactive ketones (excluding diaryl/α,β-unsaturated/α-hetero) is 1. The quantitative estimate of drug-likeness (QED) is 0.471. The molecule has 0 spiro atoms. The van der Waals surface area contributed by atoms with E-state index in [0.29, 0.717) is 33.0 Å². The van der Waals surface area contributed by atoms with Crippen LogP contribution in [0.4, 0.5) is 0 Å². The van der Waals surface area contributed by atoms with Crippen LogP contribution in [0.2, 0.25) is 15.1 Å². The number of benzene rings is 3. The maximum absolute atomic E-state index is 12.5. The minimum absolute atomic E-state index is 0.0640. The van der Waals surface area contributed by atoms with Gasteiger partial charge in [-0.25, -0.2) is 0 Å². The van der Waals surface area contributed by atoms with Gasteiger partial charge in [0.05, 0.1) is 5.56 Å². The summed E-state index contributed by atoms with van der Waals surface area (Å²) >= 11 is 17.8. The average molecular weight is 422 g/mol. The molecule has 0 aromatic heterocycles. The van der Waals surface area contributed by atoms with Crippen LogP contribution in [0.1, 0.15) is 21.5 Å². The van der Waals surface area contributed by atoms with Crippen molar-refractivity contribution in [3.05, 3.63) is 92.4 Å². The Kier molecular flexibility index (Phi) is 6.27. The van der Waals surface area contributed by atoms with Crippen LogP contribution in [0.5, 0.6) is 11.5 Å². The summed E-state index contributed by atoms with van der Waals surface area (Å²) in [4.78, 5) is 12.5. The summed E-state index contributed by atoms with van der Waals surface area (Å²) in [5, 5.41) is 11.8. The van der Waals surface area contributed by atoms with Crippen molar-refractivity contribution in [3.8, 4) is 11.5 Å². The highest BCUT2D eigenvalue weighted by Gasteiger charge is 2.15. The van der Waals surface area contributed by atoms with E-state index < -0.39 is 0 Å². The Morgan fingerprint density at radius 1 is 0.889 bits per heavy atom. The Hall–Kier alpha value is -2.20. The number of phenols is 1. The maximum atomic E-state index is 12.5. The van der Waals surface area contributed by atoms with E-state index in [1.165, 1.54) is 6.07 Å². The van der Waals surface area contributed by atoms with E-state index in [1.807, 2.05) is 12.1 Å². The van der Waals surface area contributed by atoms with Gasteiger partial charge >= 0.3 is 0 Å². The summed E-state index contributed by atoms with van der Waals surface area (Å²) in [5.74, 6) is 0.0724. The standard InChI is InChI=1S/C21H15Cl3O3/c22-15-4-1-13(2-5-15)12-27-17-7-8-18(21(26)11-17)20(25)9-14-3-6-16(23)10-19(14)24/h1-8,10-11,26H,9,12H2. The first-order chi connectivity index (χ1) is 12.9. The molecular weight excluding hydrogens is 407 g/mol. The van der Waals surface area contributed by atoms with E-state index in [1.54, 1.807) is 42.5 Å². The molecular formula is C21H15Cl3O3. The van der Waals surface area contributed by atoms with E-state index >= 15 is 0 Å². The predicted octanol–water partition coefficient (Wildman–Crippen LogP) is 6.36. The topological polar surface area (TPSA) is 46.5 Å². The van der Waals surface area contributed by atoms with Crippen LogP contribution in [0, 0.1) is 0 Å². The number of phenolic OH excluding ortho intramolecular Hbond substituents is 1. The van der Waals surface area contributed by atoms with Gasteiger partial charge in [-0.3, -0.25) is 4.79 Å². The Morgan fingerprint density at radius 3 is 2.26 bits per heavy atom. The molecule has 0 heterocycles. The van der Waals surface area contributed by atoms with Crippen LogP contribution < -0.4 is 4.74 Å². The zero-order chi connectivity index (χ0) is 19.4. The molecule has 6 heteroatoms. The van der Waals surface area contributed by atoms with E-state index in [9.17, 15) is 9.90 Å². The third-order valence-corrected chi connectivity index (χ3v) is 4.79. The van der Waals surface area contributed by atoms with Crippen LogP contribution in [0.3, 0.4) is 0 Å². The number of halogens is 3. The summed E-state index contributed by atoms with van der Waals surface area (Å²) in [5.41, 5.74) is 1.80. The van der Waals surface area contributed by atoms with Gasteiger partial charge < -0.3 is 9.84 Å². The Bertz CT molecular complexity index is 969. The average Bonchev–Trinajstić information content (AvgIpc) is 2.63. The highest BCUT2D eigenvalue weighted by atomic mass is 35.5. The molecule has 138 valence electrons. The normalized spacial score (nSPS) is 10.6. The Balaban J connectivity index is 1.68. The largest absolute Gasteiger partial charge is 0.507 e. The number of carbonyl (C=O) groups is 1. The molecule has 0 atom stereocenters. The zero-order valence-corrected chi connectivity index (χ0v) is 16.4. The summed E-state index contributed by atoms with van der Waals surface area (Å²) in [6, 6.07) is 16.8. The molecule has 0 aliphatic heterocycles. The van der Waals surface area contributed by atoms with Gasteiger partial charge in [0, 0.05) is 27.6 Å². The van der Waals surface area contributed by atoms with Crippen molar-refractivity contribution in [3.63, 3.8) is 0 Å². The van der Waals surface area contributed by atoms with Crippen molar-refractivity contribution in [2.75, 3.05) is 0 Å². The first kappa shape index (κ1) is 19.6. The molecule has 3 nitrogen and oxygen atoms in total. The fraction of sp³-hybridized carbons (Fsp3) is 0.0952. The smallest absolute Gasteiger partial charge is 0.171 e. The Labute approximate surface area is 172 Å². The van der Waals surface area contributed by atoms with Crippen molar-refractivity contribution < 1.29 is 14.6 Å². The van der Waals surface area contributed by atoms with Gasteiger partial charge in [-0.05, 0) is 47.5 Å². The molecule has 0 saturated carbocycles. The minimum atomic E-state index is -0.249. The van der Waals surface area contributed by atoms with Crippen molar-refractivity contribution in [1.29, 1.82) is 0 Å². The highest BCUT2D eigenvalue weighted by molar-refractivity contribution is 6.35. The van der Waals surface area contributed by atoms with E-state index in [2.05, 4.69) is 0 Å². The minimum Gasteiger partial charge on any atom is -0.507 e. The molecule has 0 radical (unpaired) electrons. The second-order valence-electron chi connectivity index (χ2n) is 5.93. The van der Waals surface area contributed by atoms with Gasteiger partial charge in [-0.1, -0.05) is 53.0 Å². The van der Waals surface area contributed by atoms with Gasteiger partial charge in [-0.15, -0.1) is 0 Å². The molecule has 0 saturated heterocycles. The summed E-state index contributed by atoms with van der Waals surface area (Å²) < 4.78 is 5.65. The summed E-state index contributed by atoms with van der Waals surface area (Å²) in [6.45, 7) is 0.324. The molecule has 3 aromatic rings. The summed E-state index contributed by atoms with van der Waals surface area (Å²) in [7, 11) is 0. The monoisotopic (exact) mass is 420 g/mol. The van der Waals surface area contributed by atoms with Crippen LogP contribution in [0.15, 0.2) is 60.7 Å². The lowest BCUT2D eigenvalue weighted by molar-refractivity contribution is 0.0990. The van der Waals surface area contributed by atoms with Crippen molar-refractivity contribution in [2.24, 2.45) is 0 Å². The lowest BCUT2D eigenvalue weighted by Crippen LogP contribution is -2.05. The lowest BCUT2D eigenvalue weighted by Gasteiger charge is -2.10. The molecule has 1 N–H and O–H groups in total. The van der Waals surface area contributed by atoms with Gasteiger partial charge in [0.25, 0.3) is 0 Å². The molecule has 0 aliphatic carbocycles. The SMILES string of the molecule is O=C(Cc1ccc(Cl)cc1Cl)c1ccc(OCc2ccc(Cl)cc2)cc1O. The molecule has 3 rings (SSSR count). The first-order valence-corrected chi connectivity index (χ1v) is 9.23. The number of ketones is 1. The fourth-order valence-electron chi connectivity index (χ4n) is 2.52. The number of ether oxygens (including phenoxy) is 1. The summed E-state index contributed by atoms with van der Waals surface area (Å²) in [6.07, 6.45) is 0.0640. The van der Waals surface area contributed by atoms with Gasteiger partial charge in [-0.2, -0.15) is 0 Å². The molecule has 0 fully saturated rings. The maximum Gasteiger partial charge on any atom is 0.171 e. The third-order valence-electron chi connectivity index (χ3n) is 3.95. The number of carbonyl (C=O) groups excluding carboxylic acids is 1.